The molecule has 0 radical (unpaired) electrons. The second-order valence-corrected chi connectivity index (χ2v) is 4.65. The number of hydrogen-bond acceptors (Lipinski definition) is 3. The predicted molar refractivity (Wildman–Crippen MR) is 63.9 cm³/mol. The molecule has 1 unspecified atom stereocenters. The molecule has 0 bridgehead atoms. The van der Waals surface area contributed by atoms with Gasteiger partial charge < -0.3 is 15.5 Å². The summed E-state index contributed by atoms with van der Waals surface area (Å²) in [5.74, 6) is -0.588. The van der Waals surface area contributed by atoms with Gasteiger partial charge in [0.25, 0.3) is 0 Å². The highest BCUT2D eigenvalue weighted by Crippen LogP contribution is 2.29. The van der Waals surface area contributed by atoms with E-state index < -0.39 is 5.82 Å². The molecule has 0 aliphatic rings. The van der Waals surface area contributed by atoms with Gasteiger partial charge in [-0.2, -0.15) is 0 Å². The molecule has 1 rings (SSSR count). The van der Waals surface area contributed by atoms with Crippen LogP contribution in [-0.2, 0) is 0 Å². The summed E-state index contributed by atoms with van der Waals surface area (Å²) in [5, 5.41) is 21.6. The number of aromatic hydroxyl groups is 1. The summed E-state index contributed by atoms with van der Waals surface area (Å²) in [6, 6.07) is 2.35. The lowest BCUT2D eigenvalue weighted by molar-refractivity contribution is 0.242. The van der Waals surface area contributed by atoms with E-state index in [9.17, 15) is 9.50 Å². The maximum absolute atomic E-state index is 13.1. The number of aliphatic hydroxyl groups excluding tert-OH is 1. The molecule has 16 heavy (non-hydrogen) atoms. The first-order valence-electron chi connectivity index (χ1n) is 5.00. The number of nitrogens with one attached hydrogen (secondary N) is 1. The summed E-state index contributed by atoms with van der Waals surface area (Å²) >= 11 is 3.07. The summed E-state index contributed by atoms with van der Waals surface area (Å²) < 4.78 is 13.4. The predicted octanol–water partition coefficient (Wildman–Crippen LogP) is 2.33. The molecular formula is C11H15BrFNO2. The highest BCUT2D eigenvalue weighted by Gasteiger charge is 2.15. The van der Waals surface area contributed by atoms with E-state index in [1.54, 1.807) is 0 Å². The fourth-order valence-corrected chi connectivity index (χ4v) is 1.83. The first-order valence-corrected chi connectivity index (χ1v) is 5.79. The van der Waals surface area contributed by atoms with Gasteiger partial charge >= 0.3 is 0 Å². The Labute approximate surface area is 102 Å². The van der Waals surface area contributed by atoms with Crippen molar-refractivity contribution in [2.45, 2.75) is 25.9 Å². The van der Waals surface area contributed by atoms with Crippen molar-refractivity contribution in [3.8, 4) is 5.75 Å². The molecule has 2 atom stereocenters. The van der Waals surface area contributed by atoms with E-state index in [1.165, 1.54) is 6.07 Å². The van der Waals surface area contributed by atoms with Crippen molar-refractivity contribution in [1.82, 2.24) is 5.32 Å². The Kier molecular flexibility index (Phi) is 4.70. The van der Waals surface area contributed by atoms with Crippen LogP contribution >= 0.6 is 15.9 Å². The smallest absolute Gasteiger partial charge is 0.141 e. The van der Waals surface area contributed by atoms with Crippen LogP contribution in [0.1, 0.15) is 25.5 Å². The molecule has 5 heteroatoms. The van der Waals surface area contributed by atoms with E-state index in [0.29, 0.717) is 10.0 Å². The van der Waals surface area contributed by atoms with Crippen LogP contribution in [0.2, 0.25) is 0 Å². The Bertz CT molecular complexity index is 373. The van der Waals surface area contributed by atoms with Gasteiger partial charge in [0.1, 0.15) is 11.6 Å². The summed E-state index contributed by atoms with van der Waals surface area (Å²) in [7, 11) is 0. The zero-order chi connectivity index (χ0) is 12.3. The molecule has 3 nitrogen and oxygen atoms in total. The van der Waals surface area contributed by atoms with Crippen molar-refractivity contribution in [3.05, 3.63) is 28.0 Å². The topological polar surface area (TPSA) is 52.5 Å². The third-order valence-electron chi connectivity index (χ3n) is 2.34. The van der Waals surface area contributed by atoms with Crippen LogP contribution in [0.5, 0.6) is 5.75 Å². The van der Waals surface area contributed by atoms with Crippen LogP contribution in [0.3, 0.4) is 0 Å². The zero-order valence-electron chi connectivity index (χ0n) is 9.17. The summed E-state index contributed by atoms with van der Waals surface area (Å²) in [6.45, 7) is 3.67. The lowest BCUT2D eigenvalue weighted by Crippen LogP contribution is -2.31. The first-order chi connectivity index (χ1) is 7.45. The van der Waals surface area contributed by atoms with Gasteiger partial charge in [-0.15, -0.1) is 0 Å². The molecule has 1 aromatic carbocycles. The summed E-state index contributed by atoms with van der Waals surface area (Å²) in [6.07, 6.45) is 0. The number of hydrogen-bond donors (Lipinski definition) is 3. The highest BCUT2D eigenvalue weighted by molar-refractivity contribution is 9.10. The van der Waals surface area contributed by atoms with Crippen LogP contribution in [0, 0.1) is 5.82 Å². The van der Waals surface area contributed by atoms with E-state index in [1.807, 2.05) is 13.8 Å². The van der Waals surface area contributed by atoms with Crippen LogP contribution in [0.15, 0.2) is 16.6 Å². The van der Waals surface area contributed by atoms with E-state index in [-0.39, 0.29) is 24.4 Å². The molecule has 0 amide bonds. The van der Waals surface area contributed by atoms with Crippen molar-refractivity contribution in [3.63, 3.8) is 0 Å². The Morgan fingerprint density at radius 3 is 2.62 bits per heavy atom. The lowest BCUT2D eigenvalue weighted by atomic mass is 10.1. The van der Waals surface area contributed by atoms with Gasteiger partial charge in [0, 0.05) is 23.7 Å². The second kappa shape index (κ2) is 5.61. The van der Waals surface area contributed by atoms with Crippen LogP contribution in [-0.4, -0.2) is 22.9 Å². The molecule has 0 aliphatic heterocycles. The van der Waals surface area contributed by atoms with Crippen molar-refractivity contribution < 1.29 is 14.6 Å². The second-order valence-electron chi connectivity index (χ2n) is 3.80. The number of aliphatic hydroxyl groups is 1. The Hall–Kier alpha value is -0.650. The molecule has 0 aliphatic carbocycles. The van der Waals surface area contributed by atoms with E-state index in [4.69, 9.17) is 5.11 Å². The van der Waals surface area contributed by atoms with Crippen molar-refractivity contribution in [2.24, 2.45) is 0 Å². The van der Waals surface area contributed by atoms with Gasteiger partial charge in [-0.3, -0.25) is 0 Å². The van der Waals surface area contributed by atoms with Gasteiger partial charge in [-0.25, -0.2) is 4.39 Å². The number of phenols is 1. The van der Waals surface area contributed by atoms with Gasteiger partial charge in [0.05, 0.1) is 11.1 Å². The van der Waals surface area contributed by atoms with Crippen molar-refractivity contribution >= 4 is 15.9 Å². The SMILES string of the molecule is CC(N[C@H](C)CO)c1cc(Br)c(F)cc1O. The molecular weight excluding hydrogens is 277 g/mol. The minimum Gasteiger partial charge on any atom is -0.508 e. The van der Waals surface area contributed by atoms with Crippen molar-refractivity contribution in [1.29, 1.82) is 0 Å². The molecule has 1 aromatic rings. The maximum atomic E-state index is 13.1. The molecule has 0 heterocycles. The quantitative estimate of drug-likeness (QED) is 0.798. The molecule has 0 fully saturated rings. The number of benzene rings is 1. The van der Waals surface area contributed by atoms with Crippen LogP contribution in [0.25, 0.3) is 0 Å². The summed E-state index contributed by atoms with van der Waals surface area (Å²) in [4.78, 5) is 0. The number of halogens is 2. The monoisotopic (exact) mass is 291 g/mol. The number of rotatable bonds is 4. The largest absolute Gasteiger partial charge is 0.508 e. The third kappa shape index (κ3) is 3.17. The van der Waals surface area contributed by atoms with Crippen LogP contribution < -0.4 is 5.32 Å². The van der Waals surface area contributed by atoms with E-state index in [0.717, 1.165) is 6.07 Å². The van der Waals surface area contributed by atoms with Gasteiger partial charge in [0.15, 0.2) is 0 Å². The van der Waals surface area contributed by atoms with Crippen LogP contribution in [0.4, 0.5) is 4.39 Å². The molecule has 0 saturated heterocycles. The van der Waals surface area contributed by atoms with E-state index in [2.05, 4.69) is 21.2 Å². The van der Waals surface area contributed by atoms with Gasteiger partial charge in [-0.1, -0.05) is 0 Å². The molecule has 0 spiro atoms. The third-order valence-corrected chi connectivity index (χ3v) is 2.95. The molecule has 0 aromatic heterocycles. The summed E-state index contributed by atoms with van der Waals surface area (Å²) in [5.41, 5.74) is 0.591. The zero-order valence-corrected chi connectivity index (χ0v) is 10.8. The molecule has 90 valence electrons. The highest BCUT2D eigenvalue weighted by atomic mass is 79.9. The standard InChI is InChI=1S/C11H15BrFNO2/c1-6(5-15)14-7(2)8-3-9(12)10(13)4-11(8)16/h3-4,6-7,14-16H,5H2,1-2H3/t6-,7?/m1/s1. The Balaban J connectivity index is 2.91. The normalized spacial score (nSPS) is 14.8. The first kappa shape index (κ1) is 13.4. The average molecular weight is 292 g/mol. The molecule has 0 saturated carbocycles. The Morgan fingerprint density at radius 2 is 2.06 bits per heavy atom. The lowest BCUT2D eigenvalue weighted by Gasteiger charge is -2.19. The minimum absolute atomic E-state index is 0.00741. The molecule has 3 N–H and O–H groups in total. The fraction of sp³-hybridized carbons (Fsp3) is 0.455. The number of phenolic OH excluding ortho intramolecular Hbond substituents is 1. The van der Waals surface area contributed by atoms with E-state index >= 15 is 0 Å². The minimum atomic E-state index is -0.497. The Morgan fingerprint density at radius 1 is 1.44 bits per heavy atom. The average Bonchev–Trinajstić information content (AvgIpc) is 2.23. The van der Waals surface area contributed by atoms with Gasteiger partial charge in [-0.05, 0) is 35.8 Å². The van der Waals surface area contributed by atoms with Crippen molar-refractivity contribution in [2.75, 3.05) is 6.61 Å². The maximum Gasteiger partial charge on any atom is 0.141 e. The van der Waals surface area contributed by atoms with Gasteiger partial charge in [0.2, 0.25) is 0 Å². The fourth-order valence-electron chi connectivity index (χ4n) is 1.47.